The third-order valence-electron chi connectivity index (χ3n) is 4.46. The molecule has 0 saturated carbocycles. The molecule has 3 aromatic rings. The molecule has 138 valence electrons. The summed E-state index contributed by atoms with van der Waals surface area (Å²) < 4.78 is 32.6. The molecule has 1 saturated heterocycles. The molecule has 1 aliphatic rings. The molecule has 0 spiro atoms. The molecular formula is C19H22FN3O3. The molecule has 7 heteroatoms. The molecule has 0 aliphatic carbocycles. The number of benzene rings is 1. The van der Waals surface area contributed by atoms with Crippen molar-refractivity contribution in [3.8, 4) is 17.2 Å². The minimum atomic E-state index is -0.440. The van der Waals surface area contributed by atoms with Crippen LogP contribution in [0.5, 0.6) is 17.2 Å². The Morgan fingerprint density at radius 3 is 2.88 bits per heavy atom. The Labute approximate surface area is 150 Å². The van der Waals surface area contributed by atoms with E-state index in [1.165, 1.54) is 0 Å². The van der Waals surface area contributed by atoms with Crippen LogP contribution in [0.15, 0.2) is 24.4 Å². The van der Waals surface area contributed by atoms with Gasteiger partial charge in [-0.2, -0.15) is 0 Å². The van der Waals surface area contributed by atoms with Crippen LogP contribution in [0.4, 0.5) is 4.39 Å². The first-order valence-electron chi connectivity index (χ1n) is 8.70. The van der Waals surface area contributed by atoms with E-state index in [9.17, 15) is 0 Å². The summed E-state index contributed by atoms with van der Waals surface area (Å²) in [5.41, 5.74) is 2.37. The second-order valence-corrected chi connectivity index (χ2v) is 6.51. The number of hydrogen-bond donors (Lipinski definition) is 3. The normalized spacial score (nSPS) is 17.6. The summed E-state index contributed by atoms with van der Waals surface area (Å²) in [6.07, 6.45) is 1.68. The van der Waals surface area contributed by atoms with Gasteiger partial charge < -0.3 is 29.5 Å². The van der Waals surface area contributed by atoms with Crippen LogP contribution in [0.25, 0.3) is 10.9 Å². The van der Waals surface area contributed by atoms with Gasteiger partial charge in [-0.3, -0.25) is 0 Å². The van der Waals surface area contributed by atoms with Gasteiger partial charge in [0.1, 0.15) is 18.5 Å². The number of aryl methyl sites for hydroxylation is 2. The minimum absolute atomic E-state index is 0.0743. The van der Waals surface area contributed by atoms with Crippen molar-refractivity contribution in [2.45, 2.75) is 20.0 Å². The SMILES string of the molecule is Cc1cc2c(F)c(Oc3cc[nH]c3C)c(OCC3CNCCO3)cc2[nH]1. The topological polar surface area (TPSA) is 71.3 Å². The Hall–Kier alpha value is -2.51. The average molecular weight is 359 g/mol. The lowest BCUT2D eigenvalue weighted by Crippen LogP contribution is -2.41. The molecule has 0 amide bonds. The molecule has 1 aromatic carbocycles. The summed E-state index contributed by atoms with van der Waals surface area (Å²) in [5.74, 6) is 0.565. The van der Waals surface area contributed by atoms with E-state index >= 15 is 4.39 Å². The zero-order valence-corrected chi connectivity index (χ0v) is 14.8. The Kier molecular flexibility index (Phi) is 4.57. The smallest absolute Gasteiger partial charge is 0.205 e. The van der Waals surface area contributed by atoms with Gasteiger partial charge in [0, 0.05) is 36.4 Å². The Morgan fingerprint density at radius 2 is 2.15 bits per heavy atom. The number of halogens is 1. The third kappa shape index (κ3) is 3.27. The number of ether oxygens (including phenoxy) is 3. The summed E-state index contributed by atoms with van der Waals surface area (Å²) in [4.78, 5) is 6.18. The van der Waals surface area contributed by atoms with Gasteiger partial charge in [0.05, 0.1) is 17.8 Å². The van der Waals surface area contributed by atoms with E-state index in [1.807, 2.05) is 13.8 Å². The quantitative estimate of drug-likeness (QED) is 0.653. The number of aromatic nitrogens is 2. The molecule has 2 aromatic heterocycles. The molecule has 1 atom stereocenters. The van der Waals surface area contributed by atoms with Crippen LogP contribution in [0.3, 0.4) is 0 Å². The maximum atomic E-state index is 15.2. The number of hydrogen-bond acceptors (Lipinski definition) is 4. The number of fused-ring (bicyclic) bond motifs is 1. The van der Waals surface area contributed by atoms with Crippen LogP contribution < -0.4 is 14.8 Å². The van der Waals surface area contributed by atoms with Gasteiger partial charge in [0.15, 0.2) is 11.6 Å². The summed E-state index contributed by atoms with van der Waals surface area (Å²) in [5, 5.41) is 3.73. The van der Waals surface area contributed by atoms with Crippen LogP contribution in [-0.4, -0.2) is 42.4 Å². The van der Waals surface area contributed by atoms with Crippen molar-refractivity contribution < 1.29 is 18.6 Å². The molecule has 0 bridgehead atoms. The average Bonchev–Trinajstić information content (AvgIpc) is 3.22. The van der Waals surface area contributed by atoms with Crippen molar-refractivity contribution in [1.29, 1.82) is 0 Å². The zero-order chi connectivity index (χ0) is 18.1. The predicted octanol–water partition coefficient (Wildman–Crippen LogP) is 3.41. The molecule has 6 nitrogen and oxygen atoms in total. The summed E-state index contributed by atoms with van der Waals surface area (Å²) in [6.45, 7) is 6.26. The van der Waals surface area contributed by atoms with Crippen LogP contribution in [0, 0.1) is 19.7 Å². The molecule has 26 heavy (non-hydrogen) atoms. The first-order valence-corrected chi connectivity index (χ1v) is 8.70. The fourth-order valence-corrected chi connectivity index (χ4v) is 3.10. The van der Waals surface area contributed by atoms with E-state index in [4.69, 9.17) is 14.2 Å². The van der Waals surface area contributed by atoms with Gasteiger partial charge in [0.2, 0.25) is 5.75 Å². The highest BCUT2D eigenvalue weighted by Gasteiger charge is 2.21. The lowest BCUT2D eigenvalue weighted by Gasteiger charge is -2.24. The maximum Gasteiger partial charge on any atom is 0.205 e. The van der Waals surface area contributed by atoms with Crippen molar-refractivity contribution in [2.24, 2.45) is 0 Å². The molecule has 3 heterocycles. The largest absolute Gasteiger partial charge is 0.487 e. The van der Waals surface area contributed by atoms with E-state index in [-0.39, 0.29) is 11.9 Å². The van der Waals surface area contributed by atoms with E-state index in [0.717, 1.165) is 17.9 Å². The molecule has 1 unspecified atom stereocenters. The monoisotopic (exact) mass is 359 g/mol. The Bertz CT molecular complexity index is 912. The first kappa shape index (κ1) is 16.9. The van der Waals surface area contributed by atoms with Gasteiger partial charge in [-0.25, -0.2) is 4.39 Å². The highest BCUT2D eigenvalue weighted by atomic mass is 19.1. The highest BCUT2D eigenvalue weighted by Crippen LogP contribution is 2.40. The summed E-state index contributed by atoms with van der Waals surface area (Å²) in [6, 6.07) is 5.30. The third-order valence-corrected chi connectivity index (χ3v) is 4.46. The molecule has 4 rings (SSSR count). The Balaban J connectivity index is 1.68. The lowest BCUT2D eigenvalue weighted by molar-refractivity contribution is -0.000240. The zero-order valence-electron chi connectivity index (χ0n) is 14.8. The standard InChI is InChI=1S/C19H22FN3O3/c1-11-7-14-15(23-11)8-17(25-10-13-9-21-5-6-24-13)19(18(14)20)26-16-3-4-22-12(16)2/h3-4,7-8,13,21-23H,5-6,9-10H2,1-2H3. The van der Waals surface area contributed by atoms with E-state index < -0.39 is 5.82 Å². The van der Waals surface area contributed by atoms with Crippen LogP contribution in [0.1, 0.15) is 11.4 Å². The number of aromatic amines is 2. The van der Waals surface area contributed by atoms with E-state index in [2.05, 4.69) is 15.3 Å². The van der Waals surface area contributed by atoms with Gasteiger partial charge in [0.25, 0.3) is 0 Å². The number of rotatable bonds is 5. The van der Waals surface area contributed by atoms with Crippen molar-refractivity contribution in [3.63, 3.8) is 0 Å². The second kappa shape index (κ2) is 7.01. The van der Waals surface area contributed by atoms with Crippen molar-refractivity contribution in [3.05, 3.63) is 41.6 Å². The minimum Gasteiger partial charge on any atom is -0.487 e. The van der Waals surface area contributed by atoms with Crippen LogP contribution >= 0.6 is 0 Å². The van der Waals surface area contributed by atoms with Gasteiger partial charge in [-0.1, -0.05) is 0 Å². The lowest BCUT2D eigenvalue weighted by atomic mass is 10.2. The number of H-pyrrole nitrogens is 2. The fourth-order valence-electron chi connectivity index (χ4n) is 3.10. The van der Waals surface area contributed by atoms with Crippen molar-refractivity contribution in [2.75, 3.05) is 26.3 Å². The predicted molar refractivity (Wildman–Crippen MR) is 96.7 cm³/mol. The van der Waals surface area contributed by atoms with Crippen LogP contribution in [0.2, 0.25) is 0 Å². The van der Waals surface area contributed by atoms with E-state index in [1.54, 1.807) is 24.4 Å². The van der Waals surface area contributed by atoms with Crippen LogP contribution in [-0.2, 0) is 4.74 Å². The fraction of sp³-hybridized carbons (Fsp3) is 0.368. The van der Waals surface area contributed by atoms with Crippen molar-refractivity contribution in [1.82, 2.24) is 15.3 Å². The molecule has 1 fully saturated rings. The second-order valence-electron chi connectivity index (χ2n) is 6.51. The molecule has 3 N–H and O–H groups in total. The molecule has 0 radical (unpaired) electrons. The van der Waals surface area contributed by atoms with Gasteiger partial charge in [-0.05, 0) is 26.0 Å². The van der Waals surface area contributed by atoms with Crippen molar-refractivity contribution >= 4 is 10.9 Å². The van der Waals surface area contributed by atoms with Gasteiger partial charge in [-0.15, -0.1) is 0 Å². The number of nitrogens with one attached hydrogen (secondary N) is 3. The summed E-state index contributed by atoms with van der Waals surface area (Å²) in [7, 11) is 0. The number of morpholine rings is 1. The first-order chi connectivity index (χ1) is 12.6. The highest BCUT2D eigenvalue weighted by molar-refractivity contribution is 5.85. The molecule has 1 aliphatic heterocycles. The summed E-state index contributed by atoms with van der Waals surface area (Å²) >= 11 is 0. The Morgan fingerprint density at radius 1 is 1.27 bits per heavy atom. The molecular weight excluding hydrogens is 337 g/mol. The van der Waals surface area contributed by atoms with E-state index in [0.29, 0.717) is 42.2 Å². The van der Waals surface area contributed by atoms with Gasteiger partial charge >= 0.3 is 0 Å². The maximum absolute atomic E-state index is 15.2.